The van der Waals surface area contributed by atoms with Crippen LogP contribution in [0, 0.1) is 11.6 Å². The third kappa shape index (κ3) is 2.31. The van der Waals surface area contributed by atoms with Crippen molar-refractivity contribution in [2.45, 2.75) is 0 Å². The summed E-state index contributed by atoms with van der Waals surface area (Å²) in [5.41, 5.74) is 3.45. The smallest absolute Gasteiger partial charge is 0.264 e. The SMILES string of the molecule is O=c1c2cc(F)c3c4ccc5c6c(cc(F)c(c7ccc(c2c73)c2[nH]c3ccccc3n12)c46)c(=O)n1c2ccccc2[nH]c51. The van der Waals surface area contributed by atoms with Crippen molar-refractivity contribution in [1.82, 2.24) is 18.8 Å². The highest BCUT2D eigenvalue weighted by molar-refractivity contribution is 6.41. The Morgan fingerprint density at radius 3 is 1.32 bits per heavy atom. The number of imidazole rings is 2. The Bertz CT molecular complexity index is 3020. The lowest BCUT2D eigenvalue weighted by atomic mass is 9.85. The molecule has 8 heteroatoms. The van der Waals surface area contributed by atoms with Crippen LogP contribution in [0.15, 0.2) is 94.5 Å². The van der Waals surface area contributed by atoms with Crippen LogP contribution in [0.25, 0.3) is 98.0 Å². The number of aromatic nitrogens is 4. The van der Waals surface area contributed by atoms with Gasteiger partial charge < -0.3 is 9.97 Å². The van der Waals surface area contributed by atoms with Gasteiger partial charge in [0.1, 0.15) is 22.9 Å². The number of halogens is 2. The highest BCUT2D eigenvalue weighted by Gasteiger charge is 2.26. The number of aromatic amines is 2. The van der Waals surface area contributed by atoms with Crippen LogP contribution in [-0.2, 0) is 0 Å². The van der Waals surface area contributed by atoms with E-state index in [0.29, 0.717) is 65.4 Å². The first-order valence-corrected chi connectivity index (χ1v) is 14.3. The van der Waals surface area contributed by atoms with Gasteiger partial charge in [0.25, 0.3) is 11.1 Å². The Labute approximate surface area is 242 Å². The summed E-state index contributed by atoms with van der Waals surface area (Å²) in [7, 11) is 0. The largest absolute Gasteiger partial charge is 0.339 e. The van der Waals surface area contributed by atoms with E-state index in [4.69, 9.17) is 0 Å². The molecule has 7 aromatic carbocycles. The maximum absolute atomic E-state index is 16.5. The molecule has 0 radical (unpaired) electrons. The monoisotopic (exact) mass is 574 g/mol. The number of fused-ring (bicyclic) bond motifs is 10. The molecule has 4 heterocycles. The standard InChI is InChI=1S/C36H16F2N4O2/c37-21-13-19-27-17(33-39-23-5-1-3-7-25(23)41(33)35(19)43)11-9-15-30-22(38)14-20-28-18(12-10-16(32(28)30)29(21)31(15)27)34-40-24-6-2-4-8-26(24)42(34)36(20)44/h1-14,39-40H. The summed E-state index contributed by atoms with van der Waals surface area (Å²) < 4.78 is 36.1. The molecule has 0 aliphatic rings. The molecule has 0 fully saturated rings. The van der Waals surface area contributed by atoms with Crippen LogP contribution >= 0.6 is 0 Å². The lowest BCUT2D eigenvalue weighted by Crippen LogP contribution is -2.14. The van der Waals surface area contributed by atoms with Crippen LogP contribution in [0.4, 0.5) is 8.78 Å². The van der Waals surface area contributed by atoms with Gasteiger partial charge in [0.2, 0.25) is 0 Å². The number of para-hydroxylation sites is 4. The van der Waals surface area contributed by atoms with Crippen molar-refractivity contribution < 1.29 is 8.78 Å². The summed E-state index contributed by atoms with van der Waals surface area (Å²) in [5, 5.41) is 5.67. The van der Waals surface area contributed by atoms with Gasteiger partial charge in [-0.3, -0.25) is 18.4 Å². The lowest BCUT2D eigenvalue weighted by molar-refractivity contribution is 0.640. The van der Waals surface area contributed by atoms with Gasteiger partial charge in [-0.2, -0.15) is 0 Å². The number of rotatable bonds is 0. The first-order chi connectivity index (χ1) is 21.5. The van der Waals surface area contributed by atoms with Crippen LogP contribution in [0.2, 0.25) is 0 Å². The second-order valence-corrected chi connectivity index (χ2v) is 11.6. The number of hydrogen-bond acceptors (Lipinski definition) is 2. The molecule has 44 heavy (non-hydrogen) atoms. The summed E-state index contributed by atoms with van der Waals surface area (Å²) in [6.45, 7) is 0. The lowest BCUT2D eigenvalue weighted by Gasteiger charge is -2.19. The molecule has 11 rings (SSSR count). The van der Waals surface area contributed by atoms with E-state index < -0.39 is 11.6 Å². The topological polar surface area (TPSA) is 74.5 Å². The Morgan fingerprint density at radius 1 is 0.455 bits per heavy atom. The maximum Gasteiger partial charge on any atom is 0.264 e. The number of nitrogens with zero attached hydrogens (tertiary/aromatic N) is 2. The van der Waals surface area contributed by atoms with E-state index in [2.05, 4.69) is 9.97 Å². The van der Waals surface area contributed by atoms with Crippen molar-refractivity contribution in [3.63, 3.8) is 0 Å². The second-order valence-electron chi connectivity index (χ2n) is 11.6. The van der Waals surface area contributed by atoms with Crippen molar-refractivity contribution in [3.05, 3.63) is 117 Å². The van der Waals surface area contributed by atoms with Crippen molar-refractivity contribution in [2.75, 3.05) is 0 Å². The predicted octanol–water partition coefficient (Wildman–Crippen LogP) is 7.95. The van der Waals surface area contributed by atoms with Crippen LogP contribution in [0.3, 0.4) is 0 Å². The minimum absolute atomic E-state index is 0.226. The Balaban J connectivity index is 1.44. The van der Waals surface area contributed by atoms with E-state index in [9.17, 15) is 9.59 Å². The summed E-state index contributed by atoms with van der Waals surface area (Å²) in [6, 6.07) is 24.9. The van der Waals surface area contributed by atoms with E-state index in [1.54, 1.807) is 20.9 Å². The van der Waals surface area contributed by atoms with Gasteiger partial charge in [0, 0.05) is 43.1 Å². The molecule has 0 saturated carbocycles. The molecule has 4 aromatic heterocycles. The first kappa shape index (κ1) is 22.6. The normalized spacial score (nSPS) is 13.0. The third-order valence-corrected chi connectivity index (χ3v) is 9.63. The molecule has 0 amide bonds. The maximum atomic E-state index is 16.5. The second kappa shape index (κ2) is 7.12. The van der Waals surface area contributed by atoms with Crippen LogP contribution in [-0.4, -0.2) is 18.8 Å². The summed E-state index contributed by atoms with van der Waals surface area (Å²) in [5.74, 6) is -1.14. The zero-order chi connectivity index (χ0) is 29.2. The van der Waals surface area contributed by atoms with Crippen molar-refractivity contribution in [2.24, 2.45) is 0 Å². The number of benzene rings is 7. The van der Waals surface area contributed by atoms with Gasteiger partial charge >= 0.3 is 0 Å². The molecule has 206 valence electrons. The minimum Gasteiger partial charge on any atom is -0.339 e. The minimum atomic E-state index is -0.572. The van der Waals surface area contributed by atoms with Gasteiger partial charge in [0.05, 0.1) is 32.8 Å². The quantitative estimate of drug-likeness (QED) is 0.143. The molecule has 0 spiro atoms. The van der Waals surface area contributed by atoms with Crippen LogP contribution in [0.5, 0.6) is 0 Å². The highest BCUT2D eigenvalue weighted by atomic mass is 19.1. The molecule has 0 atom stereocenters. The van der Waals surface area contributed by atoms with E-state index in [1.807, 2.05) is 60.7 Å². The van der Waals surface area contributed by atoms with E-state index in [0.717, 1.165) is 21.8 Å². The summed E-state index contributed by atoms with van der Waals surface area (Å²) in [6.07, 6.45) is 0. The summed E-state index contributed by atoms with van der Waals surface area (Å²) in [4.78, 5) is 34.7. The highest BCUT2D eigenvalue weighted by Crippen LogP contribution is 2.47. The fourth-order valence-corrected chi connectivity index (χ4v) is 7.94. The molecular weight excluding hydrogens is 558 g/mol. The van der Waals surface area contributed by atoms with Crippen LogP contribution in [0.1, 0.15) is 0 Å². The van der Waals surface area contributed by atoms with Gasteiger partial charge in [-0.25, -0.2) is 8.78 Å². The number of nitrogens with one attached hydrogen (secondary N) is 2. The molecular formula is C36H16F2N4O2. The average molecular weight is 575 g/mol. The Kier molecular flexibility index (Phi) is 3.65. The average Bonchev–Trinajstić information content (AvgIpc) is 3.62. The van der Waals surface area contributed by atoms with Crippen molar-refractivity contribution in [1.29, 1.82) is 0 Å². The third-order valence-electron chi connectivity index (χ3n) is 9.63. The predicted molar refractivity (Wildman–Crippen MR) is 172 cm³/mol. The summed E-state index contributed by atoms with van der Waals surface area (Å²) >= 11 is 0. The molecule has 2 N–H and O–H groups in total. The van der Waals surface area contributed by atoms with Gasteiger partial charge in [-0.15, -0.1) is 0 Å². The van der Waals surface area contributed by atoms with E-state index >= 15 is 8.78 Å². The van der Waals surface area contributed by atoms with Crippen molar-refractivity contribution in [3.8, 4) is 0 Å². The zero-order valence-electron chi connectivity index (χ0n) is 22.5. The zero-order valence-corrected chi connectivity index (χ0v) is 22.5. The van der Waals surface area contributed by atoms with Crippen LogP contribution < -0.4 is 11.1 Å². The Morgan fingerprint density at radius 2 is 0.864 bits per heavy atom. The van der Waals surface area contributed by atoms with Gasteiger partial charge in [-0.05, 0) is 47.2 Å². The molecule has 0 bridgehead atoms. The molecule has 0 saturated heterocycles. The van der Waals surface area contributed by atoms with E-state index in [-0.39, 0.29) is 21.9 Å². The van der Waals surface area contributed by atoms with Gasteiger partial charge in [-0.1, -0.05) is 48.5 Å². The number of H-pyrrole nitrogens is 2. The molecule has 0 aliphatic carbocycles. The van der Waals surface area contributed by atoms with Gasteiger partial charge in [0.15, 0.2) is 0 Å². The molecule has 11 aromatic rings. The Hall–Kier alpha value is -6.02. The number of pyridine rings is 2. The number of hydrogen-bond donors (Lipinski definition) is 2. The molecule has 0 unspecified atom stereocenters. The first-order valence-electron chi connectivity index (χ1n) is 14.3. The van der Waals surface area contributed by atoms with Crippen molar-refractivity contribution >= 4 is 98.0 Å². The fourth-order valence-electron chi connectivity index (χ4n) is 7.94. The fraction of sp³-hybridized carbons (Fsp3) is 0. The molecule has 6 nitrogen and oxygen atoms in total. The van der Waals surface area contributed by atoms with E-state index in [1.165, 1.54) is 12.1 Å². The molecule has 0 aliphatic heterocycles.